The van der Waals surface area contributed by atoms with Crippen molar-refractivity contribution in [3.8, 4) is 0 Å². The lowest BCUT2D eigenvalue weighted by molar-refractivity contribution is 0.112. The molecule has 1 heterocycles. The Morgan fingerprint density at radius 3 is 3.00 bits per heavy atom. The van der Waals surface area contributed by atoms with E-state index in [1.54, 1.807) is 0 Å². The molecule has 1 aromatic carbocycles. The molecule has 0 spiro atoms. The van der Waals surface area contributed by atoms with E-state index in [2.05, 4.69) is 0 Å². The van der Waals surface area contributed by atoms with E-state index < -0.39 is 0 Å². The van der Waals surface area contributed by atoms with Crippen molar-refractivity contribution < 1.29 is 9.21 Å². The van der Waals surface area contributed by atoms with Gasteiger partial charge in [-0.25, -0.2) is 0 Å². The fraction of sp³-hybridized carbons (Fsp3) is 0.100. The Hall–Kier alpha value is -1.57. The largest absolute Gasteiger partial charge is 0.464 e. The van der Waals surface area contributed by atoms with Gasteiger partial charge in [0.15, 0.2) is 6.29 Å². The zero-order valence-corrected chi connectivity index (χ0v) is 6.70. The van der Waals surface area contributed by atoms with Crippen LogP contribution in [0.25, 0.3) is 11.0 Å². The maximum absolute atomic E-state index is 10.6. The second kappa shape index (κ2) is 2.48. The van der Waals surface area contributed by atoms with E-state index in [0.717, 1.165) is 22.8 Å². The summed E-state index contributed by atoms with van der Waals surface area (Å²) in [6.45, 7) is 1.96. The highest BCUT2D eigenvalue weighted by atomic mass is 16.3. The molecule has 0 aliphatic heterocycles. The van der Waals surface area contributed by atoms with Crippen LogP contribution < -0.4 is 0 Å². The molecule has 2 aromatic rings. The molecule has 0 N–H and O–H groups in total. The molecule has 2 rings (SSSR count). The van der Waals surface area contributed by atoms with Gasteiger partial charge < -0.3 is 4.42 Å². The number of hydrogen-bond acceptors (Lipinski definition) is 2. The summed E-state index contributed by atoms with van der Waals surface area (Å²) in [5.41, 5.74) is 2.48. The average Bonchev–Trinajstić information content (AvgIpc) is 2.49. The van der Waals surface area contributed by atoms with E-state index >= 15 is 0 Å². The third-order valence-electron chi connectivity index (χ3n) is 1.96. The lowest BCUT2D eigenvalue weighted by atomic mass is 10.1. The Morgan fingerprint density at radius 1 is 1.42 bits per heavy atom. The molecule has 0 saturated carbocycles. The minimum absolute atomic E-state index is 0.628. The van der Waals surface area contributed by atoms with Crippen molar-refractivity contribution in [1.82, 2.24) is 0 Å². The van der Waals surface area contributed by atoms with E-state index in [-0.39, 0.29) is 0 Å². The molecule has 0 bridgehead atoms. The number of aldehydes is 1. The Balaban J connectivity index is 2.91. The summed E-state index contributed by atoms with van der Waals surface area (Å²) in [7, 11) is 0. The molecule has 0 aliphatic rings. The first-order valence-electron chi connectivity index (χ1n) is 3.75. The van der Waals surface area contributed by atoms with Crippen LogP contribution in [0, 0.1) is 6.92 Å². The molecule has 2 heteroatoms. The van der Waals surface area contributed by atoms with Gasteiger partial charge in [0, 0.05) is 5.39 Å². The van der Waals surface area contributed by atoms with Crippen molar-refractivity contribution in [2.24, 2.45) is 0 Å². The number of carbonyl (C=O) groups is 1. The summed E-state index contributed by atoms with van der Waals surface area (Å²) in [4.78, 5) is 10.6. The van der Waals surface area contributed by atoms with Gasteiger partial charge in [0.1, 0.15) is 11.8 Å². The average molecular weight is 160 g/mol. The minimum atomic E-state index is 0.628. The van der Waals surface area contributed by atoms with Crippen molar-refractivity contribution in [2.45, 2.75) is 6.92 Å². The summed E-state index contributed by atoms with van der Waals surface area (Å²) >= 11 is 0. The first-order chi connectivity index (χ1) is 5.83. The van der Waals surface area contributed by atoms with E-state index in [1.165, 1.54) is 6.26 Å². The summed E-state index contributed by atoms with van der Waals surface area (Å²) in [6.07, 6.45) is 2.31. The van der Waals surface area contributed by atoms with Crippen molar-refractivity contribution in [3.63, 3.8) is 0 Å². The highest BCUT2D eigenvalue weighted by Crippen LogP contribution is 2.22. The zero-order valence-electron chi connectivity index (χ0n) is 6.70. The molecule has 0 unspecified atom stereocenters. The van der Waals surface area contributed by atoms with Gasteiger partial charge in [-0.05, 0) is 18.6 Å². The third kappa shape index (κ3) is 0.848. The van der Waals surface area contributed by atoms with Crippen LogP contribution in [0.1, 0.15) is 15.9 Å². The first-order valence-corrected chi connectivity index (χ1v) is 3.75. The number of rotatable bonds is 1. The third-order valence-corrected chi connectivity index (χ3v) is 1.96. The van der Waals surface area contributed by atoms with Crippen LogP contribution in [0.4, 0.5) is 0 Å². The van der Waals surface area contributed by atoms with Crippen molar-refractivity contribution in [2.75, 3.05) is 0 Å². The Morgan fingerprint density at radius 2 is 2.25 bits per heavy atom. The van der Waals surface area contributed by atoms with Crippen LogP contribution in [-0.2, 0) is 0 Å². The fourth-order valence-corrected chi connectivity index (χ4v) is 1.38. The molecular weight excluding hydrogens is 152 g/mol. The van der Waals surface area contributed by atoms with Gasteiger partial charge in [0.05, 0.1) is 5.56 Å². The van der Waals surface area contributed by atoms with E-state index in [9.17, 15) is 4.79 Å². The number of carbonyl (C=O) groups excluding carboxylic acids is 1. The van der Waals surface area contributed by atoms with Crippen LogP contribution in [0.3, 0.4) is 0 Å². The normalized spacial score (nSPS) is 10.4. The molecule has 12 heavy (non-hydrogen) atoms. The number of fused-ring (bicyclic) bond motifs is 1. The van der Waals surface area contributed by atoms with E-state index in [0.29, 0.717) is 5.56 Å². The van der Waals surface area contributed by atoms with Gasteiger partial charge in [-0.15, -0.1) is 0 Å². The molecule has 0 saturated heterocycles. The summed E-state index contributed by atoms with van der Waals surface area (Å²) in [6, 6.07) is 5.73. The van der Waals surface area contributed by atoms with Gasteiger partial charge in [-0.2, -0.15) is 0 Å². The monoisotopic (exact) mass is 160 g/mol. The van der Waals surface area contributed by atoms with Gasteiger partial charge >= 0.3 is 0 Å². The van der Waals surface area contributed by atoms with Crippen molar-refractivity contribution >= 4 is 17.3 Å². The highest BCUT2D eigenvalue weighted by molar-refractivity contribution is 5.97. The van der Waals surface area contributed by atoms with Gasteiger partial charge in [-0.1, -0.05) is 12.1 Å². The van der Waals surface area contributed by atoms with Gasteiger partial charge in [0.2, 0.25) is 0 Å². The first kappa shape index (κ1) is 7.10. The number of hydrogen-bond donors (Lipinski definition) is 0. The molecule has 1 aromatic heterocycles. The van der Waals surface area contributed by atoms with Gasteiger partial charge in [0.25, 0.3) is 0 Å². The molecule has 2 nitrogen and oxygen atoms in total. The predicted octanol–water partition coefficient (Wildman–Crippen LogP) is 2.55. The quantitative estimate of drug-likeness (QED) is 0.600. The van der Waals surface area contributed by atoms with Crippen LogP contribution in [0.15, 0.2) is 28.9 Å². The Kier molecular flexibility index (Phi) is 1.47. The lowest BCUT2D eigenvalue weighted by Crippen LogP contribution is -1.78. The second-order valence-corrected chi connectivity index (χ2v) is 2.76. The highest BCUT2D eigenvalue weighted by Gasteiger charge is 2.05. The van der Waals surface area contributed by atoms with E-state index in [1.807, 2.05) is 25.1 Å². The molecule has 0 radical (unpaired) electrons. The van der Waals surface area contributed by atoms with Crippen LogP contribution >= 0.6 is 0 Å². The summed E-state index contributed by atoms with van der Waals surface area (Å²) in [5, 5.41) is 0.924. The molecule has 0 aliphatic carbocycles. The minimum Gasteiger partial charge on any atom is -0.464 e. The molecular formula is C10H8O2. The SMILES string of the molecule is Cc1cccc2occ(C=O)c12. The van der Waals surface area contributed by atoms with E-state index in [4.69, 9.17) is 4.42 Å². The van der Waals surface area contributed by atoms with Crippen LogP contribution in [0.5, 0.6) is 0 Å². The fourth-order valence-electron chi connectivity index (χ4n) is 1.38. The molecule has 0 amide bonds. The van der Waals surface area contributed by atoms with Crippen molar-refractivity contribution in [1.29, 1.82) is 0 Å². The lowest BCUT2D eigenvalue weighted by Gasteiger charge is -1.93. The summed E-state index contributed by atoms with van der Waals surface area (Å²) in [5.74, 6) is 0. The van der Waals surface area contributed by atoms with Crippen molar-refractivity contribution in [3.05, 3.63) is 35.6 Å². The molecule has 0 fully saturated rings. The van der Waals surface area contributed by atoms with Gasteiger partial charge in [-0.3, -0.25) is 4.79 Å². The number of aryl methyl sites for hydroxylation is 1. The number of benzene rings is 1. The maximum Gasteiger partial charge on any atom is 0.153 e. The topological polar surface area (TPSA) is 30.2 Å². The molecule has 60 valence electrons. The second-order valence-electron chi connectivity index (χ2n) is 2.76. The maximum atomic E-state index is 10.6. The standard InChI is InChI=1S/C10H8O2/c1-7-3-2-4-9-10(7)8(5-11)6-12-9/h2-6H,1H3. The summed E-state index contributed by atoms with van der Waals surface area (Å²) < 4.78 is 5.19. The van der Waals surface area contributed by atoms with Crippen LogP contribution in [-0.4, -0.2) is 6.29 Å². The number of furan rings is 1. The Bertz CT molecular complexity index is 426. The van der Waals surface area contributed by atoms with Crippen LogP contribution in [0.2, 0.25) is 0 Å². The Labute approximate surface area is 69.8 Å². The molecule has 0 atom stereocenters. The predicted molar refractivity (Wildman–Crippen MR) is 46.3 cm³/mol. The smallest absolute Gasteiger partial charge is 0.153 e. The zero-order chi connectivity index (χ0) is 8.55.